The molecule has 0 radical (unpaired) electrons. The van der Waals surface area contributed by atoms with Gasteiger partial charge in [0.25, 0.3) is 0 Å². The van der Waals surface area contributed by atoms with Gasteiger partial charge < -0.3 is 14.4 Å². The molecule has 3 rings (SSSR count). The predicted octanol–water partition coefficient (Wildman–Crippen LogP) is 7.00. The maximum absolute atomic E-state index is 13.9. The van der Waals surface area contributed by atoms with Gasteiger partial charge in [0.2, 0.25) is 0 Å². The Balaban J connectivity index is 2.31. The van der Waals surface area contributed by atoms with Crippen molar-refractivity contribution in [2.45, 2.75) is 39.7 Å². The Labute approximate surface area is 210 Å². The van der Waals surface area contributed by atoms with Crippen LogP contribution in [-0.4, -0.2) is 31.8 Å². The first-order chi connectivity index (χ1) is 16.9. The fourth-order valence-corrected chi connectivity index (χ4v) is 4.37. The smallest absolute Gasteiger partial charge is 0.336 e. The lowest BCUT2D eigenvalue weighted by Crippen LogP contribution is -2.55. The van der Waals surface area contributed by atoms with Crippen molar-refractivity contribution >= 4 is 17.2 Å². The highest BCUT2D eigenvalue weighted by atomic mass is 16.5. The molecule has 0 aromatic heterocycles. The third-order valence-corrected chi connectivity index (χ3v) is 6.13. The number of carbonyl (C=O) groups is 1. The molecule has 0 aliphatic carbocycles. The minimum absolute atomic E-state index is 0.247. The molecule has 4 nitrogen and oxygen atoms in total. The van der Waals surface area contributed by atoms with Crippen molar-refractivity contribution in [1.29, 1.82) is 0 Å². The Kier molecular flexibility index (Phi) is 9.13. The third kappa shape index (κ3) is 6.13. The fourth-order valence-electron chi connectivity index (χ4n) is 4.37. The molecule has 4 heteroatoms. The molecule has 1 unspecified atom stereocenters. The van der Waals surface area contributed by atoms with Gasteiger partial charge in [0.15, 0.2) is 5.54 Å². The molecular weight excluding hydrogens is 434 g/mol. The summed E-state index contributed by atoms with van der Waals surface area (Å²) in [6.45, 7) is 9.25. The number of hydrogen-bond donors (Lipinski definition) is 0. The van der Waals surface area contributed by atoms with E-state index in [9.17, 15) is 4.79 Å². The van der Waals surface area contributed by atoms with E-state index in [1.165, 1.54) is 0 Å². The summed E-state index contributed by atoms with van der Waals surface area (Å²) >= 11 is 0. The average molecular weight is 472 g/mol. The van der Waals surface area contributed by atoms with E-state index >= 15 is 0 Å². The Morgan fingerprint density at radius 1 is 0.886 bits per heavy atom. The number of benzene rings is 3. The molecule has 1 atom stereocenters. The second kappa shape index (κ2) is 12.3. The standard InChI is InChI=1S/C31H37NO3/c1-6-31(30(33)35-7-2,32(23-24(3)4)27-18-20-28(34-5)21-19-27)22-29(25-14-10-8-11-15-25)26-16-12-9-13-17-26/h8-22,24H,6-7,23H2,1-5H3. The van der Waals surface area contributed by atoms with Gasteiger partial charge in [-0.25, -0.2) is 4.79 Å². The molecular formula is C31H37NO3. The van der Waals surface area contributed by atoms with Crippen molar-refractivity contribution in [3.05, 3.63) is 102 Å². The van der Waals surface area contributed by atoms with Gasteiger partial charge in [0, 0.05) is 12.2 Å². The number of esters is 1. The zero-order valence-corrected chi connectivity index (χ0v) is 21.5. The summed E-state index contributed by atoms with van der Waals surface area (Å²) in [5.41, 5.74) is 3.06. The molecule has 0 saturated carbocycles. The molecule has 184 valence electrons. The minimum Gasteiger partial charge on any atom is -0.497 e. The lowest BCUT2D eigenvalue weighted by molar-refractivity contribution is -0.148. The summed E-state index contributed by atoms with van der Waals surface area (Å²) in [4.78, 5) is 16.1. The van der Waals surface area contributed by atoms with Crippen molar-refractivity contribution in [3.63, 3.8) is 0 Å². The van der Waals surface area contributed by atoms with Crippen LogP contribution in [0.25, 0.3) is 5.57 Å². The van der Waals surface area contributed by atoms with Crippen molar-refractivity contribution in [1.82, 2.24) is 0 Å². The van der Waals surface area contributed by atoms with Crippen LogP contribution in [0.1, 0.15) is 45.2 Å². The van der Waals surface area contributed by atoms with E-state index in [4.69, 9.17) is 9.47 Å². The Bertz CT molecular complexity index is 1050. The van der Waals surface area contributed by atoms with Gasteiger partial charge in [-0.1, -0.05) is 81.4 Å². The van der Waals surface area contributed by atoms with E-state index in [2.05, 4.69) is 56.0 Å². The highest BCUT2D eigenvalue weighted by Gasteiger charge is 2.43. The molecule has 3 aromatic carbocycles. The number of hydrogen-bond acceptors (Lipinski definition) is 4. The lowest BCUT2D eigenvalue weighted by Gasteiger charge is -2.42. The molecule has 0 amide bonds. The largest absolute Gasteiger partial charge is 0.497 e. The van der Waals surface area contributed by atoms with Crippen molar-refractivity contribution in [2.75, 3.05) is 25.2 Å². The molecule has 0 aliphatic heterocycles. The van der Waals surface area contributed by atoms with E-state index in [-0.39, 0.29) is 5.97 Å². The minimum atomic E-state index is -1.00. The Morgan fingerprint density at radius 3 is 1.86 bits per heavy atom. The van der Waals surface area contributed by atoms with E-state index in [0.717, 1.165) is 28.1 Å². The van der Waals surface area contributed by atoms with Gasteiger partial charge >= 0.3 is 5.97 Å². The lowest BCUT2D eigenvalue weighted by atomic mass is 9.85. The first kappa shape index (κ1) is 26.1. The number of anilines is 1. The van der Waals surface area contributed by atoms with E-state index in [1.54, 1.807) is 7.11 Å². The molecule has 35 heavy (non-hydrogen) atoms. The van der Waals surface area contributed by atoms with Gasteiger partial charge in [-0.3, -0.25) is 0 Å². The van der Waals surface area contributed by atoms with E-state index < -0.39 is 5.54 Å². The normalized spacial score (nSPS) is 12.5. The summed E-state index contributed by atoms with van der Waals surface area (Å²) in [7, 11) is 1.66. The second-order valence-electron chi connectivity index (χ2n) is 8.99. The van der Waals surface area contributed by atoms with E-state index in [1.807, 2.05) is 67.6 Å². The molecule has 3 aromatic rings. The van der Waals surface area contributed by atoms with Crippen LogP contribution in [0.5, 0.6) is 5.75 Å². The fraction of sp³-hybridized carbons (Fsp3) is 0.323. The van der Waals surface area contributed by atoms with Gasteiger partial charge in [0.05, 0.1) is 13.7 Å². The van der Waals surface area contributed by atoms with Crippen molar-refractivity contribution < 1.29 is 14.3 Å². The zero-order valence-electron chi connectivity index (χ0n) is 21.5. The van der Waals surface area contributed by atoms with Gasteiger partial charge in [0.1, 0.15) is 5.75 Å². The molecule has 0 saturated heterocycles. The molecule has 0 heterocycles. The van der Waals surface area contributed by atoms with Crippen LogP contribution in [0.3, 0.4) is 0 Å². The number of ether oxygens (including phenoxy) is 2. The summed E-state index contributed by atoms with van der Waals surface area (Å²) in [5, 5.41) is 0. The topological polar surface area (TPSA) is 38.8 Å². The second-order valence-corrected chi connectivity index (χ2v) is 8.99. The average Bonchev–Trinajstić information content (AvgIpc) is 2.89. The molecule has 0 bridgehead atoms. The first-order valence-corrected chi connectivity index (χ1v) is 12.4. The van der Waals surface area contributed by atoms with Crippen LogP contribution in [0, 0.1) is 5.92 Å². The van der Waals surface area contributed by atoms with Crippen LogP contribution in [0.4, 0.5) is 5.69 Å². The Morgan fingerprint density at radius 2 is 1.43 bits per heavy atom. The summed E-state index contributed by atoms with van der Waals surface area (Å²) in [6, 6.07) is 28.4. The number of carbonyl (C=O) groups excluding carboxylic acids is 1. The summed E-state index contributed by atoms with van der Waals surface area (Å²) < 4.78 is 11.1. The molecule has 0 aliphatic rings. The molecule has 0 N–H and O–H groups in total. The summed E-state index contributed by atoms with van der Waals surface area (Å²) in [5.74, 6) is 0.854. The van der Waals surface area contributed by atoms with Crippen LogP contribution >= 0.6 is 0 Å². The SMILES string of the molecule is CCOC(=O)C(C=C(c1ccccc1)c1ccccc1)(CC)N(CC(C)C)c1ccc(OC)cc1. The number of nitrogens with zero attached hydrogens (tertiary/aromatic N) is 1. The van der Waals surface area contributed by atoms with Gasteiger partial charge in [-0.05, 0) is 66.3 Å². The third-order valence-electron chi connectivity index (χ3n) is 6.13. The monoisotopic (exact) mass is 471 g/mol. The van der Waals surface area contributed by atoms with Gasteiger partial charge in [-0.15, -0.1) is 0 Å². The molecule has 0 fully saturated rings. The van der Waals surface area contributed by atoms with Gasteiger partial charge in [-0.2, -0.15) is 0 Å². The van der Waals surface area contributed by atoms with Crippen LogP contribution < -0.4 is 9.64 Å². The van der Waals surface area contributed by atoms with Crippen LogP contribution in [0.15, 0.2) is 91.0 Å². The Hall–Kier alpha value is -3.53. The number of rotatable bonds is 11. The first-order valence-electron chi connectivity index (χ1n) is 12.4. The van der Waals surface area contributed by atoms with Crippen LogP contribution in [-0.2, 0) is 9.53 Å². The maximum Gasteiger partial charge on any atom is 0.336 e. The number of methoxy groups -OCH3 is 1. The quantitative estimate of drug-likeness (QED) is 0.282. The van der Waals surface area contributed by atoms with Crippen LogP contribution in [0.2, 0.25) is 0 Å². The zero-order chi connectivity index (χ0) is 25.3. The summed E-state index contributed by atoms with van der Waals surface area (Å²) in [6.07, 6.45) is 2.66. The van der Waals surface area contributed by atoms with Crippen molar-refractivity contribution in [3.8, 4) is 5.75 Å². The van der Waals surface area contributed by atoms with Crippen molar-refractivity contribution in [2.24, 2.45) is 5.92 Å². The predicted molar refractivity (Wildman–Crippen MR) is 145 cm³/mol. The highest BCUT2D eigenvalue weighted by molar-refractivity contribution is 5.93. The molecule has 0 spiro atoms. The van der Waals surface area contributed by atoms with E-state index in [0.29, 0.717) is 25.5 Å². The highest BCUT2D eigenvalue weighted by Crippen LogP contribution is 2.36. The maximum atomic E-state index is 13.9.